The molecule has 32 heavy (non-hydrogen) atoms. The number of nitrogens with zero attached hydrogens (tertiary/aromatic N) is 2. The van der Waals surface area contributed by atoms with Gasteiger partial charge in [-0.15, -0.1) is 0 Å². The Morgan fingerprint density at radius 1 is 0.906 bits per heavy atom. The van der Waals surface area contributed by atoms with Gasteiger partial charge in [0.1, 0.15) is 0 Å². The zero-order chi connectivity index (χ0) is 22.2. The van der Waals surface area contributed by atoms with Crippen molar-refractivity contribution in [3.05, 3.63) is 87.4 Å². The lowest BCUT2D eigenvalue weighted by Gasteiger charge is -2.39. The summed E-state index contributed by atoms with van der Waals surface area (Å²) >= 11 is 12.6. The van der Waals surface area contributed by atoms with Crippen LogP contribution < -0.4 is 10.2 Å². The molecule has 0 radical (unpaired) electrons. The van der Waals surface area contributed by atoms with E-state index in [1.807, 2.05) is 31.2 Å². The largest absolute Gasteiger partial charge is 0.368 e. The molecule has 1 atom stereocenters. The van der Waals surface area contributed by atoms with E-state index in [2.05, 4.69) is 45.4 Å². The number of carbonyl (C=O) groups excluding carboxylic acids is 1. The fraction of sp³-hybridized carbons (Fsp3) is 0.269. The Morgan fingerprint density at radius 2 is 1.66 bits per heavy atom. The molecule has 1 amide bonds. The van der Waals surface area contributed by atoms with Gasteiger partial charge in [-0.25, -0.2) is 0 Å². The quantitative estimate of drug-likeness (QED) is 0.434. The number of nitrogens with one attached hydrogen (secondary N) is 1. The molecular weight excluding hydrogens is 441 g/mol. The number of hydrogen-bond acceptors (Lipinski definition) is 3. The molecule has 164 valence electrons. The van der Waals surface area contributed by atoms with Gasteiger partial charge in [0.05, 0.1) is 21.9 Å². The maximum atomic E-state index is 13.0. The highest BCUT2D eigenvalue weighted by atomic mass is 35.5. The highest BCUT2D eigenvalue weighted by Crippen LogP contribution is 2.37. The molecule has 2 aliphatic rings. The molecule has 1 saturated heterocycles. The third-order valence-corrected chi connectivity index (χ3v) is 7.34. The molecule has 1 fully saturated rings. The molecule has 1 N–H and O–H groups in total. The number of amides is 1. The lowest BCUT2D eigenvalue weighted by molar-refractivity contribution is 0.0857. The number of halogens is 2. The fourth-order valence-corrected chi connectivity index (χ4v) is 5.15. The van der Waals surface area contributed by atoms with Crippen LogP contribution in [0.2, 0.25) is 10.0 Å². The number of fused-ring (bicyclic) bond motifs is 3. The van der Waals surface area contributed by atoms with Crippen molar-refractivity contribution in [3.63, 3.8) is 0 Å². The SMILES string of the molecule is CC(NC(=O)c1ccc2c(c1)Cc1ccccc1-2)N1CCN(c2cccc(Cl)c2Cl)CC1. The molecule has 3 aromatic rings. The summed E-state index contributed by atoms with van der Waals surface area (Å²) in [4.78, 5) is 17.5. The van der Waals surface area contributed by atoms with E-state index in [1.54, 1.807) is 6.07 Å². The Labute approximate surface area is 198 Å². The van der Waals surface area contributed by atoms with Crippen LogP contribution in [0.3, 0.4) is 0 Å². The first kappa shape index (κ1) is 21.3. The van der Waals surface area contributed by atoms with Crippen LogP contribution in [0.5, 0.6) is 0 Å². The Morgan fingerprint density at radius 3 is 2.47 bits per heavy atom. The van der Waals surface area contributed by atoms with Crippen molar-refractivity contribution in [2.75, 3.05) is 31.1 Å². The van der Waals surface area contributed by atoms with Crippen LogP contribution >= 0.6 is 23.2 Å². The number of carbonyl (C=O) groups is 1. The normalized spacial score (nSPS) is 16.4. The maximum absolute atomic E-state index is 13.0. The molecule has 6 heteroatoms. The molecule has 4 nitrogen and oxygen atoms in total. The van der Waals surface area contributed by atoms with Crippen LogP contribution in [0, 0.1) is 0 Å². The van der Waals surface area contributed by atoms with E-state index in [1.165, 1.54) is 22.3 Å². The van der Waals surface area contributed by atoms with Crippen LogP contribution in [0.1, 0.15) is 28.4 Å². The van der Waals surface area contributed by atoms with Gasteiger partial charge in [0.2, 0.25) is 0 Å². The summed E-state index contributed by atoms with van der Waals surface area (Å²) < 4.78 is 0. The van der Waals surface area contributed by atoms with E-state index in [9.17, 15) is 4.79 Å². The van der Waals surface area contributed by atoms with Crippen molar-refractivity contribution in [1.82, 2.24) is 10.2 Å². The van der Waals surface area contributed by atoms with Gasteiger partial charge >= 0.3 is 0 Å². The van der Waals surface area contributed by atoms with Crippen molar-refractivity contribution in [1.29, 1.82) is 0 Å². The minimum absolute atomic E-state index is 0.0310. The monoisotopic (exact) mass is 465 g/mol. The number of piperazine rings is 1. The summed E-state index contributed by atoms with van der Waals surface area (Å²) in [5, 5.41) is 4.35. The van der Waals surface area contributed by atoms with Crippen molar-refractivity contribution in [3.8, 4) is 11.1 Å². The van der Waals surface area contributed by atoms with Gasteiger partial charge in [0.15, 0.2) is 0 Å². The predicted molar refractivity (Wildman–Crippen MR) is 132 cm³/mol. The minimum atomic E-state index is -0.0510. The highest BCUT2D eigenvalue weighted by molar-refractivity contribution is 6.43. The number of anilines is 1. The minimum Gasteiger partial charge on any atom is -0.368 e. The van der Waals surface area contributed by atoms with E-state index in [0.29, 0.717) is 15.6 Å². The summed E-state index contributed by atoms with van der Waals surface area (Å²) in [6.07, 6.45) is 0.834. The van der Waals surface area contributed by atoms with E-state index in [0.717, 1.165) is 38.3 Å². The molecule has 1 aliphatic heterocycles. The van der Waals surface area contributed by atoms with Gasteiger partial charge in [0.25, 0.3) is 5.91 Å². The van der Waals surface area contributed by atoms with E-state index in [4.69, 9.17) is 23.2 Å². The molecular formula is C26H25Cl2N3O. The van der Waals surface area contributed by atoms with Crippen LogP contribution in [0.4, 0.5) is 5.69 Å². The zero-order valence-electron chi connectivity index (χ0n) is 17.9. The van der Waals surface area contributed by atoms with Crippen molar-refractivity contribution in [2.45, 2.75) is 19.5 Å². The molecule has 5 rings (SSSR count). The molecule has 0 spiro atoms. The summed E-state index contributed by atoms with van der Waals surface area (Å²) in [6, 6.07) is 20.2. The van der Waals surface area contributed by atoms with Crippen molar-refractivity contribution in [2.24, 2.45) is 0 Å². The van der Waals surface area contributed by atoms with Crippen LogP contribution in [-0.4, -0.2) is 43.2 Å². The molecule has 3 aromatic carbocycles. The Balaban J connectivity index is 1.21. The van der Waals surface area contributed by atoms with Gasteiger partial charge in [-0.1, -0.05) is 59.6 Å². The predicted octanol–water partition coefficient (Wildman–Crippen LogP) is 5.46. The Hall–Kier alpha value is -2.53. The summed E-state index contributed by atoms with van der Waals surface area (Å²) in [5.41, 5.74) is 6.74. The van der Waals surface area contributed by atoms with Gasteiger partial charge in [-0.2, -0.15) is 0 Å². The summed E-state index contributed by atoms with van der Waals surface area (Å²) in [5.74, 6) is -0.0310. The first-order valence-electron chi connectivity index (χ1n) is 11.0. The number of rotatable bonds is 4. The molecule has 1 unspecified atom stereocenters. The number of hydrogen-bond donors (Lipinski definition) is 1. The third kappa shape index (κ3) is 3.99. The summed E-state index contributed by atoms with van der Waals surface area (Å²) in [7, 11) is 0. The average molecular weight is 466 g/mol. The Kier molecular flexibility index (Phi) is 5.85. The van der Waals surface area contributed by atoms with Crippen LogP contribution in [0.25, 0.3) is 11.1 Å². The fourth-order valence-electron chi connectivity index (χ4n) is 4.74. The van der Waals surface area contributed by atoms with Crippen LogP contribution in [-0.2, 0) is 6.42 Å². The smallest absolute Gasteiger partial charge is 0.252 e. The van der Waals surface area contributed by atoms with Gasteiger partial charge < -0.3 is 10.2 Å². The first-order chi connectivity index (χ1) is 15.5. The number of benzene rings is 3. The molecule has 1 heterocycles. The highest BCUT2D eigenvalue weighted by Gasteiger charge is 2.25. The van der Waals surface area contributed by atoms with Gasteiger partial charge in [-0.05, 0) is 59.9 Å². The zero-order valence-corrected chi connectivity index (χ0v) is 19.5. The van der Waals surface area contributed by atoms with Crippen molar-refractivity contribution < 1.29 is 4.79 Å². The molecule has 0 aromatic heterocycles. The second-order valence-corrected chi connectivity index (χ2v) is 9.24. The molecule has 0 saturated carbocycles. The summed E-state index contributed by atoms with van der Waals surface area (Å²) in [6.45, 7) is 5.38. The lowest BCUT2D eigenvalue weighted by atomic mass is 10.0. The van der Waals surface area contributed by atoms with E-state index < -0.39 is 0 Å². The van der Waals surface area contributed by atoms with Gasteiger partial charge in [0, 0.05) is 31.7 Å². The third-order valence-electron chi connectivity index (χ3n) is 6.53. The molecule has 0 bridgehead atoms. The maximum Gasteiger partial charge on any atom is 0.252 e. The standard InChI is InChI=1S/C26H25Cl2N3O/c1-17(30-11-13-31(14-12-30)24-8-4-7-23(27)25(24)28)29-26(32)19-9-10-22-20(16-19)15-18-5-2-3-6-21(18)22/h2-10,16-17H,11-15H2,1H3,(H,29,32). The van der Waals surface area contributed by atoms with E-state index in [-0.39, 0.29) is 12.1 Å². The van der Waals surface area contributed by atoms with E-state index >= 15 is 0 Å². The molecule has 1 aliphatic carbocycles. The van der Waals surface area contributed by atoms with Crippen molar-refractivity contribution >= 4 is 34.8 Å². The lowest BCUT2D eigenvalue weighted by Crippen LogP contribution is -2.54. The second-order valence-electron chi connectivity index (χ2n) is 8.45. The topological polar surface area (TPSA) is 35.6 Å². The van der Waals surface area contributed by atoms with Gasteiger partial charge in [-0.3, -0.25) is 9.69 Å². The average Bonchev–Trinajstić information content (AvgIpc) is 3.19. The van der Waals surface area contributed by atoms with Crippen LogP contribution in [0.15, 0.2) is 60.7 Å². The Bertz CT molecular complexity index is 1170. The second kappa shape index (κ2) is 8.78. The first-order valence-corrected chi connectivity index (χ1v) is 11.7.